The van der Waals surface area contributed by atoms with Crippen molar-refractivity contribution in [2.24, 2.45) is 0 Å². The van der Waals surface area contributed by atoms with Crippen LogP contribution in [0.5, 0.6) is 0 Å². The number of aromatic nitrogens is 1. The van der Waals surface area contributed by atoms with Gasteiger partial charge in [0, 0.05) is 5.69 Å². The van der Waals surface area contributed by atoms with Crippen LogP contribution < -0.4 is 0 Å². The van der Waals surface area contributed by atoms with E-state index in [0.717, 1.165) is 0 Å². The minimum Gasteiger partial charge on any atom is -0.356 e. The second-order valence-electron chi connectivity index (χ2n) is 2.56. The molecule has 0 spiro atoms. The standard InChI is InChI=1S/C8H8ClNO2/c1-4-6(3-11)10-5(2)7(4)8(9)12/h3,10H,1-2H3. The van der Waals surface area contributed by atoms with Crippen LogP contribution in [0.3, 0.4) is 0 Å². The summed E-state index contributed by atoms with van der Waals surface area (Å²) >= 11 is 5.31. The molecule has 3 nitrogen and oxygen atoms in total. The predicted molar refractivity (Wildman–Crippen MR) is 45.8 cm³/mol. The molecule has 1 rings (SSSR count). The van der Waals surface area contributed by atoms with E-state index >= 15 is 0 Å². The smallest absolute Gasteiger partial charge is 0.254 e. The van der Waals surface area contributed by atoms with E-state index < -0.39 is 5.24 Å². The van der Waals surface area contributed by atoms with Crippen LogP contribution in [0.15, 0.2) is 0 Å². The quantitative estimate of drug-likeness (QED) is 0.565. The lowest BCUT2D eigenvalue weighted by Gasteiger charge is -1.91. The largest absolute Gasteiger partial charge is 0.356 e. The zero-order valence-corrected chi connectivity index (χ0v) is 7.53. The van der Waals surface area contributed by atoms with E-state index in [1.54, 1.807) is 13.8 Å². The second-order valence-corrected chi connectivity index (χ2v) is 2.90. The van der Waals surface area contributed by atoms with Crippen LogP contribution in [-0.4, -0.2) is 16.5 Å². The first-order valence-corrected chi connectivity index (χ1v) is 3.80. The maximum absolute atomic E-state index is 10.8. The first kappa shape index (κ1) is 9.00. The predicted octanol–water partition coefficient (Wildman–Crippen LogP) is 1.82. The van der Waals surface area contributed by atoms with E-state index in [-0.39, 0.29) is 0 Å². The van der Waals surface area contributed by atoms with Gasteiger partial charge in [0.1, 0.15) is 0 Å². The SMILES string of the molecule is Cc1[nH]c(C=O)c(C)c1C(=O)Cl. The molecular weight excluding hydrogens is 178 g/mol. The fourth-order valence-corrected chi connectivity index (χ4v) is 1.47. The van der Waals surface area contributed by atoms with Gasteiger partial charge in [0.05, 0.1) is 11.3 Å². The van der Waals surface area contributed by atoms with E-state index in [2.05, 4.69) is 4.98 Å². The van der Waals surface area contributed by atoms with Crippen LogP contribution in [0.1, 0.15) is 32.1 Å². The number of hydrogen-bond acceptors (Lipinski definition) is 2. The summed E-state index contributed by atoms with van der Waals surface area (Å²) in [7, 11) is 0. The van der Waals surface area contributed by atoms with Gasteiger partial charge < -0.3 is 4.98 Å². The van der Waals surface area contributed by atoms with E-state index in [1.165, 1.54) is 0 Å². The van der Waals surface area contributed by atoms with Gasteiger partial charge in [-0.25, -0.2) is 0 Å². The van der Waals surface area contributed by atoms with Gasteiger partial charge in [0.25, 0.3) is 5.24 Å². The summed E-state index contributed by atoms with van der Waals surface area (Å²) in [5.74, 6) is 0. The monoisotopic (exact) mass is 185 g/mol. The summed E-state index contributed by atoms with van der Waals surface area (Å²) in [6.45, 7) is 3.39. The van der Waals surface area contributed by atoms with Crippen LogP contribution in [0.2, 0.25) is 0 Å². The van der Waals surface area contributed by atoms with Crippen molar-refractivity contribution in [1.29, 1.82) is 0 Å². The number of hydrogen-bond donors (Lipinski definition) is 1. The number of nitrogens with one attached hydrogen (secondary N) is 1. The number of H-pyrrole nitrogens is 1. The third kappa shape index (κ3) is 1.28. The Morgan fingerprint density at radius 3 is 2.33 bits per heavy atom. The Balaban J connectivity index is 3.37. The molecular formula is C8H8ClNO2. The van der Waals surface area contributed by atoms with Crippen LogP contribution in [-0.2, 0) is 0 Å². The average molecular weight is 186 g/mol. The lowest BCUT2D eigenvalue weighted by atomic mass is 10.1. The van der Waals surface area contributed by atoms with E-state index in [9.17, 15) is 9.59 Å². The van der Waals surface area contributed by atoms with E-state index in [0.29, 0.717) is 28.8 Å². The number of aryl methyl sites for hydroxylation is 1. The number of halogens is 1. The van der Waals surface area contributed by atoms with Gasteiger partial charge >= 0.3 is 0 Å². The highest BCUT2D eigenvalue weighted by Crippen LogP contribution is 2.18. The molecule has 0 bridgehead atoms. The molecule has 0 radical (unpaired) electrons. The molecule has 0 saturated heterocycles. The zero-order valence-electron chi connectivity index (χ0n) is 6.77. The third-order valence-corrected chi connectivity index (χ3v) is 1.98. The Morgan fingerprint density at radius 1 is 1.50 bits per heavy atom. The van der Waals surface area contributed by atoms with Crippen molar-refractivity contribution in [1.82, 2.24) is 4.98 Å². The van der Waals surface area contributed by atoms with Crippen molar-refractivity contribution in [3.05, 3.63) is 22.5 Å². The lowest BCUT2D eigenvalue weighted by Crippen LogP contribution is -1.92. The Bertz CT molecular complexity index is 341. The normalized spacial score (nSPS) is 9.92. The number of carbonyl (C=O) groups excluding carboxylic acids is 2. The summed E-state index contributed by atoms with van der Waals surface area (Å²) < 4.78 is 0. The molecule has 0 aliphatic heterocycles. The molecule has 0 amide bonds. The molecule has 0 atom stereocenters. The molecule has 12 heavy (non-hydrogen) atoms. The van der Waals surface area contributed by atoms with Gasteiger partial charge in [-0.2, -0.15) is 0 Å². The minimum absolute atomic E-state index is 0.402. The average Bonchev–Trinajstić information content (AvgIpc) is 2.25. The van der Waals surface area contributed by atoms with Crippen LogP contribution in [0.25, 0.3) is 0 Å². The Morgan fingerprint density at radius 2 is 2.08 bits per heavy atom. The van der Waals surface area contributed by atoms with Gasteiger partial charge in [0.15, 0.2) is 6.29 Å². The van der Waals surface area contributed by atoms with Crippen molar-refractivity contribution in [2.45, 2.75) is 13.8 Å². The van der Waals surface area contributed by atoms with Gasteiger partial charge in [-0.15, -0.1) is 0 Å². The molecule has 0 aromatic carbocycles. The highest BCUT2D eigenvalue weighted by atomic mass is 35.5. The van der Waals surface area contributed by atoms with Crippen LogP contribution >= 0.6 is 11.6 Å². The number of aromatic amines is 1. The van der Waals surface area contributed by atoms with E-state index in [4.69, 9.17) is 11.6 Å². The first-order valence-electron chi connectivity index (χ1n) is 3.42. The van der Waals surface area contributed by atoms with Gasteiger partial charge in [-0.1, -0.05) is 0 Å². The van der Waals surface area contributed by atoms with Crippen LogP contribution in [0, 0.1) is 13.8 Å². The van der Waals surface area contributed by atoms with Crippen molar-refractivity contribution < 1.29 is 9.59 Å². The Hall–Kier alpha value is -1.09. The maximum atomic E-state index is 10.8. The Labute approximate surface area is 74.7 Å². The van der Waals surface area contributed by atoms with Gasteiger partial charge in [0.2, 0.25) is 0 Å². The van der Waals surface area contributed by atoms with E-state index in [1.807, 2.05) is 0 Å². The highest BCUT2D eigenvalue weighted by Gasteiger charge is 2.15. The summed E-state index contributed by atoms with van der Waals surface area (Å²) in [5, 5.41) is -0.533. The third-order valence-electron chi connectivity index (χ3n) is 1.79. The topological polar surface area (TPSA) is 49.9 Å². The van der Waals surface area contributed by atoms with Crippen molar-refractivity contribution in [2.75, 3.05) is 0 Å². The Kier molecular flexibility index (Phi) is 2.33. The van der Waals surface area contributed by atoms with Crippen molar-refractivity contribution in [3.8, 4) is 0 Å². The lowest BCUT2D eigenvalue weighted by molar-refractivity contribution is 0.108. The summed E-state index contributed by atoms with van der Waals surface area (Å²) in [6, 6.07) is 0. The molecule has 0 aliphatic carbocycles. The molecule has 4 heteroatoms. The summed E-state index contributed by atoms with van der Waals surface area (Å²) in [5.41, 5.74) is 2.06. The van der Waals surface area contributed by atoms with Gasteiger partial charge in [-0.05, 0) is 31.0 Å². The van der Waals surface area contributed by atoms with Gasteiger partial charge in [-0.3, -0.25) is 9.59 Å². The summed E-state index contributed by atoms with van der Waals surface area (Å²) in [4.78, 5) is 24.0. The minimum atomic E-state index is -0.533. The molecule has 1 aromatic heterocycles. The summed E-state index contributed by atoms with van der Waals surface area (Å²) in [6.07, 6.45) is 0.672. The number of aldehydes is 1. The first-order chi connectivity index (χ1) is 5.57. The van der Waals surface area contributed by atoms with Crippen molar-refractivity contribution >= 4 is 23.1 Å². The number of carbonyl (C=O) groups is 2. The molecule has 64 valence electrons. The van der Waals surface area contributed by atoms with Crippen LogP contribution in [0.4, 0.5) is 0 Å². The molecule has 0 unspecified atom stereocenters. The molecule has 1 heterocycles. The molecule has 1 aromatic rings. The second kappa shape index (κ2) is 3.11. The fourth-order valence-electron chi connectivity index (χ4n) is 1.19. The number of rotatable bonds is 2. The van der Waals surface area contributed by atoms with Crippen molar-refractivity contribution in [3.63, 3.8) is 0 Å². The molecule has 1 N–H and O–H groups in total. The molecule has 0 fully saturated rings. The highest BCUT2D eigenvalue weighted by molar-refractivity contribution is 6.68. The molecule has 0 saturated carbocycles. The fraction of sp³-hybridized carbons (Fsp3) is 0.250. The maximum Gasteiger partial charge on any atom is 0.254 e. The molecule has 0 aliphatic rings. The zero-order chi connectivity index (χ0) is 9.30.